The number of aryl methyl sites for hydroxylation is 1. The minimum Gasteiger partial charge on any atom is -0.490 e. The largest absolute Gasteiger partial charge is 0.490 e. The van der Waals surface area contributed by atoms with Crippen molar-refractivity contribution in [3.05, 3.63) is 48.0 Å². The Morgan fingerprint density at radius 1 is 1.21 bits per heavy atom. The summed E-state index contributed by atoms with van der Waals surface area (Å²) in [5.41, 5.74) is 0.640. The number of benzene rings is 1. The molecular formula is C19H23N3O2. The highest BCUT2D eigenvalue weighted by Crippen LogP contribution is 2.27. The number of amides is 1. The number of fused-ring (bicyclic) bond motifs is 1. The Balaban J connectivity index is 1.44. The van der Waals surface area contributed by atoms with Gasteiger partial charge in [-0.2, -0.15) is 0 Å². The van der Waals surface area contributed by atoms with Gasteiger partial charge in [0.05, 0.1) is 11.7 Å². The molecule has 126 valence electrons. The fourth-order valence-corrected chi connectivity index (χ4v) is 3.69. The molecule has 2 heterocycles. The van der Waals surface area contributed by atoms with Gasteiger partial charge in [-0.25, -0.2) is 4.98 Å². The van der Waals surface area contributed by atoms with Crippen molar-refractivity contribution in [1.82, 2.24) is 14.9 Å². The number of rotatable bonds is 4. The van der Waals surface area contributed by atoms with Crippen LogP contribution in [0.15, 0.2) is 36.7 Å². The maximum Gasteiger partial charge on any atom is 0.255 e. The zero-order chi connectivity index (χ0) is 16.4. The van der Waals surface area contributed by atoms with E-state index in [2.05, 4.69) is 14.9 Å². The molecule has 5 nitrogen and oxygen atoms in total. The van der Waals surface area contributed by atoms with Crippen LogP contribution in [0.4, 0.5) is 0 Å². The highest BCUT2D eigenvalue weighted by molar-refractivity contribution is 5.97. The Hall–Kier alpha value is -2.30. The predicted molar refractivity (Wildman–Crippen MR) is 91.1 cm³/mol. The number of carbonyl (C=O) groups is 1. The third-order valence-electron chi connectivity index (χ3n) is 5.00. The molecule has 1 saturated carbocycles. The molecule has 5 heteroatoms. The van der Waals surface area contributed by atoms with E-state index < -0.39 is 0 Å². The molecule has 1 aromatic heterocycles. The van der Waals surface area contributed by atoms with Crippen LogP contribution in [0.3, 0.4) is 0 Å². The molecule has 24 heavy (non-hydrogen) atoms. The summed E-state index contributed by atoms with van der Waals surface area (Å²) < 4.78 is 8.20. The second-order valence-corrected chi connectivity index (χ2v) is 6.73. The Bertz CT molecular complexity index is 719. The Morgan fingerprint density at radius 2 is 2.04 bits per heavy atom. The second-order valence-electron chi connectivity index (χ2n) is 6.73. The van der Waals surface area contributed by atoms with Crippen molar-refractivity contribution in [1.29, 1.82) is 0 Å². The fraction of sp³-hybridized carbons (Fsp3) is 0.474. The molecule has 0 spiro atoms. The molecule has 1 amide bonds. The first-order valence-corrected chi connectivity index (χ1v) is 8.86. The molecular weight excluding hydrogens is 302 g/mol. The van der Waals surface area contributed by atoms with Crippen LogP contribution >= 0.6 is 0 Å². The normalized spacial score (nSPS) is 20.6. The van der Waals surface area contributed by atoms with Gasteiger partial charge in [-0.05, 0) is 44.2 Å². The summed E-state index contributed by atoms with van der Waals surface area (Å²) in [5.74, 6) is 1.77. The van der Waals surface area contributed by atoms with Gasteiger partial charge in [0.15, 0.2) is 0 Å². The lowest BCUT2D eigenvalue weighted by Gasteiger charge is -2.25. The number of ether oxygens (including phenoxy) is 1. The lowest BCUT2D eigenvalue weighted by molar-refractivity contribution is 0.0920. The Kier molecular flexibility index (Phi) is 4.24. The van der Waals surface area contributed by atoms with Gasteiger partial charge >= 0.3 is 0 Å². The van der Waals surface area contributed by atoms with Crippen LogP contribution in [0.5, 0.6) is 5.75 Å². The Morgan fingerprint density at radius 3 is 2.92 bits per heavy atom. The van der Waals surface area contributed by atoms with Crippen molar-refractivity contribution >= 4 is 5.91 Å². The molecule has 4 rings (SSSR count). The number of hydrogen-bond donors (Lipinski definition) is 1. The summed E-state index contributed by atoms with van der Waals surface area (Å²) in [4.78, 5) is 17.1. The highest BCUT2D eigenvalue weighted by atomic mass is 16.5. The predicted octanol–water partition coefficient (Wildman–Crippen LogP) is 2.95. The molecule has 0 bridgehead atoms. The van der Waals surface area contributed by atoms with Crippen LogP contribution in [-0.4, -0.2) is 27.6 Å². The zero-order valence-corrected chi connectivity index (χ0v) is 13.8. The third kappa shape index (κ3) is 3.16. The second kappa shape index (κ2) is 6.67. The van der Waals surface area contributed by atoms with E-state index >= 15 is 0 Å². The molecule has 1 aliphatic carbocycles. The topological polar surface area (TPSA) is 56.2 Å². The van der Waals surface area contributed by atoms with Gasteiger partial charge in [-0.1, -0.05) is 12.1 Å². The zero-order valence-electron chi connectivity index (χ0n) is 13.8. The summed E-state index contributed by atoms with van der Waals surface area (Å²) in [6.45, 7) is 0.784. The van der Waals surface area contributed by atoms with E-state index in [-0.39, 0.29) is 18.1 Å². The number of carbonyl (C=O) groups excluding carboxylic acids is 1. The molecule has 1 unspecified atom stereocenters. The van der Waals surface area contributed by atoms with Gasteiger partial charge in [-0.15, -0.1) is 0 Å². The summed E-state index contributed by atoms with van der Waals surface area (Å²) >= 11 is 0. The van der Waals surface area contributed by atoms with Crippen LogP contribution in [-0.2, 0) is 13.0 Å². The van der Waals surface area contributed by atoms with E-state index in [1.165, 1.54) is 12.8 Å². The molecule has 0 radical (unpaired) electrons. The lowest BCUT2D eigenvalue weighted by atomic mass is 10.1. The first kappa shape index (κ1) is 15.2. The third-order valence-corrected chi connectivity index (χ3v) is 5.00. The Labute approximate surface area is 142 Å². The lowest BCUT2D eigenvalue weighted by Crippen LogP contribution is -2.41. The first-order chi connectivity index (χ1) is 11.8. The number of nitrogens with one attached hydrogen (secondary N) is 1. The summed E-state index contributed by atoms with van der Waals surface area (Å²) in [6.07, 6.45) is 10.5. The maximum absolute atomic E-state index is 12.7. The molecule has 0 saturated heterocycles. The SMILES string of the molecule is O=C(NC1CCc2nccn2C1)c1ccccc1OC1CCCC1. The summed E-state index contributed by atoms with van der Waals surface area (Å²) in [6, 6.07) is 7.72. The fourth-order valence-electron chi connectivity index (χ4n) is 3.69. The van der Waals surface area contributed by atoms with E-state index in [9.17, 15) is 4.79 Å². The van der Waals surface area contributed by atoms with Crippen molar-refractivity contribution < 1.29 is 9.53 Å². The van der Waals surface area contributed by atoms with Crippen LogP contribution < -0.4 is 10.1 Å². The monoisotopic (exact) mass is 325 g/mol. The van der Waals surface area contributed by atoms with Crippen LogP contribution in [0.25, 0.3) is 0 Å². The number of nitrogens with zero attached hydrogens (tertiary/aromatic N) is 2. The van der Waals surface area contributed by atoms with Crippen molar-refractivity contribution in [2.75, 3.05) is 0 Å². The van der Waals surface area contributed by atoms with Crippen LogP contribution in [0.2, 0.25) is 0 Å². The van der Waals surface area contributed by atoms with Gasteiger partial charge < -0.3 is 14.6 Å². The summed E-state index contributed by atoms with van der Waals surface area (Å²) in [5, 5.41) is 3.16. The van der Waals surface area contributed by atoms with E-state index in [1.807, 2.05) is 36.7 Å². The number of imidazole rings is 1. The van der Waals surface area contributed by atoms with E-state index in [0.717, 1.165) is 38.1 Å². The molecule has 2 aliphatic rings. The van der Waals surface area contributed by atoms with E-state index in [1.54, 1.807) is 0 Å². The summed E-state index contributed by atoms with van der Waals surface area (Å²) in [7, 11) is 0. The average molecular weight is 325 g/mol. The quantitative estimate of drug-likeness (QED) is 0.940. The minimum atomic E-state index is -0.0443. The number of aromatic nitrogens is 2. The van der Waals surface area contributed by atoms with Gasteiger partial charge in [-0.3, -0.25) is 4.79 Å². The van der Waals surface area contributed by atoms with Crippen molar-refractivity contribution in [2.45, 2.75) is 57.2 Å². The molecule has 1 aromatic carbocycles. The molecule has 1 atom stereocenters. The molecule has 1 aliphatic heterocycles. The van der Waals surface area contributed by atoms with Gasteiger partial charge in [0.1, 0.15) is 11.6 Å². The highest BCUT2D eigenvalue weighted by Gasteiger charge is 2.23. The average Bonchev–Trinajstić information content (AvgIpc) is 3.26. The number of hydrogen-bond acceptors (Lipinski definition) is 3. The maximum atomic E-state index is 12.7. The van der Waals surface area contributed by atoms with Crippen molar-refractivity contribution in [2.24, 2.45) is 0 Å². The van der Waals surface area contributed by atoms with Crippen molar-refractivity contribution in [3.8, 4) is 5.75 Å². The minimum absolute atomic E-state index is 0.0443. The van der Waals surface area contributed by atoms with Crippen LogP contribution in [0.1, 0.15) is 48.3 Å². The van der Waals surface area contributed by atoms with Gasteiger partial charge in [0.25, 0.3) is 5.91 Å². The van der Waals surface area contributed by atoms with Gasteiger partial charge in [0.2, 0.25) is 0 Å². The number of para-hydroxylation sites is 1. The van der Waals surface area contributed by atoms with Gasteiger partial charge in [0, 0.05) is 31.4 Å². The molecule has 2 aromatic rings. The molecule has 1 fully saturated rings. The first-order valence-electron chi connectivity index (χ1n) is 8.86. The smallest absolute Gasteiger partial charge is 0.255 e. The van der Waals surface area contributed by atoms with Crippen molar-refractivity contribution in [3.63, 3.8) is 0 Å². The molecule has 1 N–H and O–H groups in total. The standard InChI is InChI=1S/C19H23N3O2/c23-19(21-14-9-10-18-20-11-12-22(18)13-14)16-7-3-4-8-17(16)24-15-5-1-2-6-15/h3-4,7-8,11-12,14-15H,1-2,5-6,9-10,13H2,(H,21,23). The van der Waals surface area contributed by atoms with Crippen LogP contribution in [0, 0.1) is 0 Å². The van der Waals surface area contributed by atoms with E-state index in [4.69, 9.17) is 4.74 Å². The van der Waals surface area contributed by atoms with E-state index in [0.29, 0.717) is 11.3 Å².